The van der Waals surface area contributed by atoms with E-state index in [9.17, 15) is 8.42 Å². The third kappa shape index (κ3) is 3.34. The number of methoxy groups -OCH3 is 1. The quantitative estimate of drug-likeness (QED) is 0.876. The predicted octanol–water partition coefficient (Wildman–Crippen LogP) is 2.03. The van der Waals surface area contributed by atoms with Crippen LogP contribution in [0, 0.1) is 13.8 Å². The molecule has 6 nitrogen and oxygen atoms in total. The van der Waals surface area contributed by atoms with E-state index in [1.807, 2.05) is 13.8 Å². The summed E-state index contributed by atoms with van der Waals surface area (Å²) in [4.78, 5) is 5.29. The summed E-state index contributed by atoms with van der Waals surface area (Å²) in [6, 6.07) is 4.58. The molecule has 3 N–H and O–H groups in total. The Bertz CT molecular complexity index is 735. The largest absolute Gasteiger partial charge is 0.496 e. The molecule has 0 radical (unpaired) electrons. The lowest BCUT2D eigenvalue weighted by molar-refractivity contribution is 0.409. The SMILES string of the molecule is COc1ccc(S(=O)(=O)Nc2nc(C)c(C)s2)cc1CN. The highest BCUT2D eigenvalue weighted by molar-refractivity contribution is 7.93. The number of sulfonamides is 1. The minimum Gasteiger partial charge on any atom is -0.496 e. The lowest BCUT2D eigenvalue weighted by Crippen LogP contribution is -2.13. The van der Waals surface area contributed by atoms with Gasteiger partial charge in [0.25, 0.3) is 10.0 Å². The Morgan fingerprint density at radius 1 is 1.38 bits per heavy atom. The lowest BCUT2D eigenvalue weighted by atomic mass is 10.2. The third-order valence-electron chi connectivity index (χ3n) is 3.03. The number of nitrogens with one attached hydrogen (secondary N) is 1. The molecule has 2 aromatic rings. The molecule has 1 heterocycles. The van der Waals surface area contributed by atoms with Crippen LogP contribution in [0.3, 0.4) is 0 Å². The van der Waals surface area contributed by atoms with Gasteiger partial charge in [-0.3, -0.25) is 4.72 Å². The smallest absolute Gasteiger partial charge is 0.263 e. The van der Waals surface area contributed by atoms with Crippen LogP contribution < -0.4 is 15.2 Å². The van der Waals surface area contributed by atoms with E-state index in [1.165, 1.54) is 30.6 Å². The first-order valence-corrected chi connectivity index (χ1v) is 8.51. The van der Waals surface area contributed by atoms with Crippen molar-refractivity contribution < 1.29 is 13.2 Å². The van der Waals surface area contributed by atoms with Gasteiger partial charge in [-0.25, -0.2) is 13.4 Å². The Hall–Kier alpha value is -1.64. The Labute approximate surface area is 128 Å². The molecule has 0 atom stereocenters. The van der Waals surface area contributed by atoms with Gasteiger partial charge in [0, 0.05) is 17.0 Å². The Balaban J connectivity index is 2.35. The van der Waals surface area contributed by atoms with Gasteiger partial charge in [0.1, 0.15) is 5.75 Å². The predicted molar refractivity (Wildman–Crippen MR) is 83.3 cm³/mol. The molecule has 0 amide bonds. The second-order valence-corrected chi connectivity index (χ2v) is 7.33. The summed E-state index contributed by atoms with van der Waals surface area (Å²) in [7, 11) is -2.17. The van der Waals surface area contributed by atoms with E-state index >= 15 is 0 Å². The normalized spacial score (nSPS) is 11.4. The number of thiazole rings is 1. The molecule has 1 aromatic carbocycles. The maximum atomic E-state index is 12.4. The van der Waals surface area contributed by atoms with Crippen LogP contribution >= 0.6 is 11.3 Å². The maximum absolute atomic E-state index is 12.4. The first kappa shape index (κ1) is 15.7. The van der Waals surface area contributed by atoms with Crippen molar-refractivity contribution in [3.8, 4) is 5.75 Å². The van der Waals surface area contributed by atoms with E-state index in [4.69, 9.17) is 10.5 Å². The van der Waals surface area contributed by atoms with Crippen LogP contribution in [0.2, 0.25) is 0 Å². The summed E-state index contributed by atoms with van der Waals surface area (Å²) in [5, 5.41) is 0.357. The molecule has 0 aliphatic carbocycles. The van der Waals surface area contributed by atoms with Crippen molar-refractivity contribution in [1.29, 1.82) is 0 Å². The van der Waals surface area contributed by atoms with Crippen molar-refractivity contribution in [3.63, 3.8) is 0 Å². The number of aryl methyl sites for hydroxylation is 2. The molecular formula is C13H17N3O3S2. The van der Waals surface area contributed by atoms with E-state index < -0.39 is 10.0 Å². The van der Waals surface area contributed by atoms with E-state index in [0.29, 0.717) is 16.4 Å². The van der Waals surface area contributed by atoms with Crippen LogP contribution in [0.4, 0.5) is 5.13 Å². The van der Waals surface area contributed by atoms with Gasteiger partial charge >= 0.3 is 0 Å². The average Bonchev–Trinajstić information content (AvgIpc) is 2.75. The van der Waals surface area contributed by atoms with Gasteiger partial charge in [0.15, 0.2) is 5.13 Å². The zero-order valence-corrected chi connectivity index (χ0v) is 13.6. The minimum absolute atomic E-state index is 0.134. The molecule has 0 unspecified atom stereocenters. The summed E-state index contributed by atoms with van der Waals surface area (Å²) in [6.45, 7) is 3.93. The Morgan fingerprint density at radius 2 is 2.10 bits per heavy atom. The van der Waals surface area contributed by atoms with Crippen molar-refractivity contribution in [2.24, 2.45) is 5.73 Å². The van der Waals surface area contributed by atoms with E-state index in [2.05, 4.69) is 9.71 Å². The van der Waals surface area contributed by atoms with Gasteiger partial charge in [0.05, 0.1) is 17.7 Å². The van der Waals surface area contributed by atoms with Crippen LogP contribution in [0.5, 0.6) is 5.75 Å². The van der Waals surface area contributed by atoms with Gasteiger partial charge in [0.2, 0.25) is 0 Å². The number of ether oxygens (including phenoxy) is 1. The molecule has 0 fully saturated rings. The first-order valence-electron chi connectivity index (χ1n) is 6.21. The van der Waals surface area contributed by atoms with Crippen molar-refractivity contribution in [2.45, 2.75) is 25.3 Å². The molecule has 21 heavy (non-hydrogen) atoms. The molecule has 0 aliphatic rings. The third-order valence-corrected chi connectivity index (χ3v) is 5.49. The topological polar surface area (TPSA) is 94.3 Å². The summed E-state index contributed by atoms with van der Waals surface area (Å²) in [5.41, 5.74) is 7.05. The monoisotopic (exact) mass is 327 g/mol. The molecule has 0 aliphatic heterocycles. The van der Waals surface area contributed by atoms with Gasteiger partial charge < -0.3 is 10.5 Å². The number of anilines is 1. The first-order chi connectivity index (χ1) is 9.87. The lowest BCUT2D eigenvalue weighted by Gasteiger charge is -2.10. The maximum Gasteiger partial charge on any atom is 0.263 e. The molecule has 1 aromatic heterocycles. The molecule has 114 valence electrons. The molecular weight excluding hydrogens is 310 g/mol. The van der Waals surface area contributed by atoms with Crippen LogP contribution in [0.25, 0.3) is 0 Å². The summed E-state index contributed by atoms with van der Waals surface area (Å²) in [5.74, 6) is 0.567. The van der Waals surface area contributed by atoms with Gasteiger partial charge in [-0.05, 0) is 32.0 Å². The Morgan fingerprint density at radius 3 is 2.62 bits per heavy atom. The second-order valence-electron chi connectivity index (χ2n) is 4.44. The number of hydrogen-bond donors (Lipinski definition) is 2. The number of rotatable bonds is 5. The molecule has 8 heteroatoms. The molecule has 0 saturated carbocycles. The zero-order valence-electron chi connectivity index (χ0n) is 12.0. The standard InChI is InChI=1S/C13H17N3O3S2/c1-8-9(2)20-13(15-8)16-21(17,18)11-4-5-12(19-3)10(6-11)7-14/h4-6H,7,14H2,1-3H3,(H,15,16). The summed E-state index contributed by atoms with van der Waals surface area (Å²) >= 11 is 1.30. The fourth-order valence-electron chi connectivity index (χ4n) is 1.77. The number of benzene rings is 1. The molecule has 0 saturated heterocycles. The fraction of sp³-hybridized carbons (Fsp3) is 0.308. The van der Waals surface area contributed by atoms with Crippen molar-refractivity contribution in [3.05, 3.63) is 34.3 Å². The highest BCUT2D eigenvalue weighted by Gasteiger charge is 2.18. The summed E-state index contributed by atoms with van der Waals surface area (Å²) < 4.78 is 32.3. The molecule has 0 bridgehead atoms. The van der Waals surface area contributed by atoms with E-state index in [0.717, 1.165) is 10.6 Å². The number of nitrogens with two attached hydrogens (primary N) is 1. The van der Waals surface area contributed by atoms with E-state index in [1.54, 1.807) is 6.07 Å². The van der Waals surface area contributed by atoms with Crippen LogP contribution in [-0.4, -0.2) is 20.5 Å². The number of aromatic nitrogens is 1. The number of nitrogens with zero attached hydrogens (tertiary/aromatic N) is 1. The van der Waals surface area contributed by atoms with Crippen LogP contribution in [0.15, 0.2) is 23.1 Å². The molecule has 2 rings (SSSR count). The zero-order chi connectivity index (χ0) is 15.6. The van der Waals surface area contributed by atoms with Gasteiger partial charge in [-0.15, -0.1) is 11.3 Å². The van der Waals surface area contributed by atoms with Crippen LogP contribution in [-0.2, 0) is 16.6 Å². The van der Waals surface area contributed by atoms with Crippen molar-refractivity contribution in [1.82, 2.24) is 4.98 Å². The minimum atomic E-state index is -3.69. The van der Waals surface area contributed by atoms with Gasteiger partial charge in [-0.1, -0.05) is 0 Å². The highest BCUT2D eigenvalue weighted by Crippen LogP contribution is 2.26. The van der Waals surface area contributed by atoms with Gasteiger partial charge in [-0.2, -0.15) is 0 Å². The molecule has 0 spiro atoms. The van der Waals surface area contributed by atoms with Crippen molar-refractivity contribution >= 4 is 26.5 Å². The highest BCUT2D eigenvalue weighted by atomic mass is 32.2. The van der Waals surface area contributed by atoms with E-state index in [-0.39, 0.29) is 11.4 Å². The van der Waals surface area contributed by atoms with Crippen LogP contribution in [0.1, 0.15) is 16.1 Å². The average molecular weight is 327 g/mol. The number of hydrogen-bond acceptors (Lipinski definition) is 6. The fourth-order valence-corrected chi connectivity index (χ4v) is 3.87. The second kappa shape index (κ2) is 6.00. The Kier molecular flexibility index (Phi) is 4.50. The summed E-state index contributed by atoms with van der Waals surface area (Å²) in [6.07, 6.45) is 0. The van der Waals surface area contributed by atoms with Crippen molar-refractivity contribution in [2.75, 3.05) is 11.8 Å².